The molecular weight excluding hydrogens is 314 g/mol. The number of nitrogens with one attached hydrogen (secondary N) is 1. The van der Waals surface area contributed by atoms with Gasteiger partial charge in [-0.1, -0.05) is 24.3 Å². The largest absolute Gasteiger partial charge is 0.497 e. The van der Waals surface area contributed by atoms with Gasteiger partial charge in [-0.15, -0.1) is 0 Å². The Hall–Kier alpha value is -2.33. The van der Waals surface area contributed by atoms with Crippen molar-refractivity contribution in [2.75, 3.05) is 26.9 Å². The van der Waals surface area contributed by atoms with E-state index < -0.39 is 0 Å². The number of hydrogen-bond donors (Lipinski definition) is 1. The van der Waals surface area contributed by atoms with Gasteiger partial charge in [0, 0.05) is 25.3 Å². The first-order valence-corrected chi connectivity index (χ1v) is 8.86. The minimum absolute atomic E-state index is 0.0209. The third-order valence-corrected chi connectivity index (χ3v) is 4.63. The van der Waals surface area contributed by atoms with Crippen LogP contribution in [0, 0.1) is 5.92 Å². The van der Waals surface area contributed by atoms with E-state index in [1.807, 2.05) is 48.5 Å². The maximum Gasteiger partial charge on any atom is 0.251 e. The molecule has 1 N–H and O–H groups in total. The first-order valence-electron chi connectivity index (χ1n) is 8.86. The lowest BCUT2D eigenvalue weighted by Gasteiger charge is -2.10. The molecule has 132 valence electrons. The molecule has 0 bridgehead atoms. The van der Waals surface area contributed by atoms with E-state index in [0.717, 1.165) is 49.4 Å². The molecule has 1 fully saturated rings. The van der Waals surface area contributed by atoms with Crippen LogP contribution in [-0.4, -0.2) is 32.8 Å². The molecule has 4 heteroatoms. The monoisotopic (exact) mass is 339 g/mol. The minimum Gasteiger partial charge on any atom is -0.497 e. The van der Waals surface area contributed by atoms with Gasteiger partial charge >= 0.3 is 0 Å². The predicted molar refractivity (Wildman–Crippen MR) is 98.9 cm³/mol. The van der Waals surface area contributed by atoms with Crippen molar-refractivity contribution in [1.29, 1.82) is 0 Å². The van der Waals surface area contributed by atoms with Crippen molar-refractivity contribution in [2.45, 2.75) is 19.3 Å². The molecule has 3 rings (SSSR count). The van der Waals surface area contributed by atoms with Crippen molar-refractivity contribution >= 4 is 5.91 Å². The van der Waals surface area contributed by atoms with Gasteiger partial charge in [0.25, 0.3) is 5.91 Å². The number of rotatable bonds is 7. The Morgan fingerprint density at radius 1 is 1.20 bits per heavy atom. The zero-order valence-electron chi connectivity index (χ0n) is 14.7. The summed E-state index contributed by atoms with van der Waals surface area (Å²) in [6.07, 6.45) is 3.26. The third kappa shape index (κ3) is 4.83. The molecule has 0 spiro atoms. The molecule has 0 aromatic heterocycles. The highest BCUT2D eigenvalue weighted by Crippen LogP contribution is 2.24. The highest BCUT2D eigenvalue weighted by atomic mass is 16.5. The van der Waals surface area contributed by atoms with Gasteiger partial charge in [0.2, 0.25) is 0 Å². The van der Waals surface area contributed by atoms with Gasteiger partial charge in [-0.2, -0.15) is 0 Å². The second-order valence-electron chi connectivity index (χ2n) is 6.44. The molecule has 1 unspecified atom stereocenters. The quantitative estimate of drug-likeness (QED) is 0.778. The Bertz CT molecular complexity index is 708. The highest BCUT2D eigenvalue weighted by Gasteiger charge is 2.15. The molecule has 1 atom stereocenters. The fraction of sp³-hybridized carbons (Fsp3) is 0.381. The van der Waals surface area contributed by atoms with Crippen LogP contribution in [0.25, 0.3) is 11.1 Å². The zero-order valence-corrected chi connectivity index (χ0v) is 14.7. The first-order chi connectivity index (χ1) is 12.3. The number of amides is 1. The van der Waals surface area contributed by atoms with Crippen LogP contribution in [-0.2, 0) is 4.74 Å². The van der Waals surface area contributed by atoms with E-state index in [1.54, 1.807) is 7.11 Å². The van der Waals surface area contributed by atoms with Crippen molar-refractivity contribution in [1.82, 2.24) is 5.32 Å². The van der Waals surface area contributed by atoms with Crippen LogP contribution in [0.4, 0.5) is 0 Å². The minimum atomic E-state index is -0.0209. The number of methoxy groups -OCH3 is 1. The summed E-state index contributed by atoms with van der Waals surface area (Å²) in [6.45, 7) is 2.46. The van der Waals surface area contributed by atoms with Gasteiger partial charge in [0.15, 0.2) is 0 Å². The van der Waals surface area contributed by atoms with Crippen LogP contribution < -0.4 is 10.1 Å². The van der Waals surface area contributed by atoms with E-state index >= 15 is 0 Å². The van der Waals surface area contributed by atoms with E-state index in [2.05, 4.69) is 5.32 Å². The van der Waals surface area contributed by atoms with Gasteiger partial charge in [-0.05, 0) is 60.6 Å². The van der Waals surface area contributed by atoms with Crippen molar-refractivity contribution in [3.63, 3.8) is 0 Å². The molecule has 2 aromatic carbocycles. The van der Waals surface area contributed by atoms with Gasteiger partial charge in [-0.3, -0.25) is 4.79 Å². The summed E-state index contributed by atoms with van der Waals surface area (Å²) >= 11 is 0. The number of carbonyl (C=O) groups excluding carboxylic acids is 1. The average Bonchev–Trinajstić information content (AvgIpc) is 3.19. The average molecular weight is 339 g/mol. The summed E-state index contributed by atoms with van der Waals surface area (Å²) in [5.41, 5.74) is 2.73. The summed E-state index contributed by atoms with van der Waals surface area (Å²) in [6, 6.07) is 15.6. The first kappa shape index (κ1) is 17.5. The van der Waals surface area contributed by atoms with Crippen molar-refractivity contribution in [3.8, 4) is 16.9 Å². The van der Waals surface area contributed by atoms with Crippen LogP contribution in [0.5, 0.6) is 5.75 Å². The number of ether oxygens (including phenoxy) is 2. The topological polar surface area (TPSA) is 47.6 Å². The van der Waals surface area contributed by atoms with Crippen molar-refractivity contribution in [3.05, 3.63) is 54.1 Å². The van der Waals surface area contributed by atoms with Crippen LogP contribution in [0.3, 0.4) is 0 Å². The summed E-state index contributed by atoms with van der Waals surface area (Å²) < 4.78 is 10.7. The fourth-order valence-electron chi connectivity index (χ4n) is 3.15. The lowest BCUT2D eigenvalue weighted by atomic mass is 10.0. The lowest BCUT2D eigenvalue weighted by Crippen LogP contribution is -2.24. The van der Waals surface area contributed by atoms with Crippen LogP contribution in [0.2, 0.25) is 0 Å². The van der Waals surface area contributed by atoms with Crippen molar-refractivity contribution in [2.24, 2.45) is 5.92 Å². The normalized spacial score (nSPS) is 16.6. The Labute approximate surface area is 149 Å². The molecule has 2 aromatic rings. The maximum absolute atomic E-state index is 12.4. The second-order valence-corrected chi connectivity index (χ2v) is 6.44. The SMILES string of the molecule is COc1cccc(-c2cccc(C(=O)NCCCC3CCOC3)c2)c1. The molecule has 0 aliphatic carbocycles. The summed E-state index contributed by atoms with van der Waals surface area (Å²) in [5.74, 6) is 1.45. The molecule has 4 nitrogen and oxygen atoms in total. The molecule has 1 saturated heterocycles. The number of carbonyl (C=O) groups is 1. The molecule has 1 aliphatic rings. The maximum atomic E-state index is 12.4. The van der Waals surface area contributed by atoms with E-state index in [4.69, 9.17) is 9.47 Å². The molecule has 25 heavy (non-hydrogen) atoms. The van der Waals surface area contributed by atoms with E-state index in [1.165, 1.54) is 0 Å². The Morgan fingerprint density at radius 3 is 2.76 bits per heavy atom. The van der Waals surface area contributed by atoms with Gasteiger partial charge in [0.1, 0.15) is 5.75 Å². The second kappa shape index (κ2) is 8.67. The van der Waals surface area contributed by atoms with Crippen LogP contribution in [0.15, 0.2) is 48.5 Å². The Kier molecular flexibility index (Phi) is 6.07. The molecule has 1 aliphatic heterocycles. The van der Waals surface area contributed by atoms with E-state index in [9.17, 15) is 4.79 Å². The van der Waals surface area contributed by atoms with Crippen LogP contribution >= 0.6 is 0 Å². The Morgan fingerprint density at radius 2 is 2.00 bits per heavy atom. The smallest absolute Gasteiger partial charge is 0.251 e. The molecule has 1 heterocycles. The number of benzene rings is 2. The van der Waals surface area contributed by atoms with Gasteiger partial charge in [0.05, 0.1) is 7.11 Å². The summed E-state index contributed by atoms with van der Waals surface area (Å²) in [4.78, 5) is 12.4. The molecule has 0 radical (unpaired) electrons. The molecule has 0 saturated carbocycles. The number of hydrogen-bond acceptors (Lipinski definition) is 3. The van der Waals surface area contributed by atoms with Gasteiger partial charge in [-0.25, -0.2) is 0 Å². The third-order valence-electron chi connectivity index (χ3n) is 4.63. The van der Waals surface area contributed by atoms with Crippen LogP contribution in [0.1, 0.15) is 29.6 Å². The highest BCUT2D eigenvalue weighted by molar-refractivity contribution is 5.95. The predicted octanol–water partition coefficient (Wildman–Crippen LogP) is 3.91. The van der Waals surface area contributed by atoms with Gasteiger partial charge < -0.3 is 14.8 Å². The fourth-order valence-corrected chi connectivity index (χ4v) is 3.15. The Balaban J connectivity index is 1.57. The summed E-state index contributed by atoms with van der Waals surface area (Å²) in [7, 11) is 1.65. The molecule has 1 amide bonds. The molecular formula is C21H25NO3. The van der Waals surface area contributed by atoms with E-state index in [-0.39, 0.29) is 5.91 Å². The van der Waals surface area contributed by atoms with E-state index in [0.29, 0.717) is 18.0 Å². The van der Waals surface area contributed by atoms with Crippen molar-refractivity contribution < 1.29 is 14.3 Å². The standard InChI is InChI=1S/C21H25NO3/c1-24-20-9-3-7-18(14-20)17-6-2-8-19(13-17)21(23)22-11-4-5-16-10-12-25-15-16/h2-3,6-9,13-14,16H,4-5,10-12,15H2,1H3,(H,22,23). The summed E-state index contributed by atoms with van der Waals surface area (Å²) in [5, 5.41) is 3.02. The zero-order chi connectivity index (χ0) is 17.5. The lowest BCUT2D eigenvalue weighted by molar-refractivity contribution is 0.0952.